The maximum atomic E-state index is 3.43. The van der Waals surface area contributed by atoms with Crippen LogP contribution in [-0.2, 0) is 0 Å². The Bertz CT molecular complexity index is 431. The number of rotatable bonds is 1. The molecule has 0 nitrogen and oxygen atoms in total. The van der Waals surface area contributed by atoms with Gasteiger partial charge in [0.1, 0.15) is 0 Å². The zero-order valence-corrected chi connectivity index (χ0v) is 7.30. The number of benzene rings is 1. The van der Waals surface area contributed by atoms with E-state index < -0.39 is 0 Å². The van der Waals surface area contributed by atoms with Crippen LogP contribution in [0.3, 0.4) is 0 Å². The van der Waals surface area contributed by atoms with E-state index in [9.17, 15) is 0 Å². The fraction of sp³-hybridized carbons (Fsp3) is 0.250. The molecule has 1 aliphatic rings. The first-order valence-corrected chi connectivity index (χ1v) is 4.44. The molecule has 0 saturated heterocycles. The van der Waals surface area contributed by atoms with Gasteiger partial charge in [-0.1, -0.05) is 31.2 Å². The second-order valence-electron chi connectivity index (χ2n) is 3.08. The molecule has 0 fully saturated rings. The standard InChI is InChI=1S/C12H12/c1-2-10-7-8-11-5-3-4-6-12(11)9-10/h3-6,8H,2,7H2,1H3. The number of fused-ring (bicyclic) bond motifs is 1. The van der Waals surface area contributed by atoms with Gasteiger partial charge in [0.05, 0.1) is 0 Å². The summed E-state index contributed by atoms with van der Waals surface area (Å²) in [6.07, 6.45) is 4.48. The molecule has 60 valence electrons. The number of allylic oxidation sites excluding steroid dienone is 1. The third-order valence-electron chi connectivity index (χ3n) is 2.27. The lowest BCUT2D eigenvalue weighted by Crippen LogP contribution is -2.24. The number of hydrogen-bond acceptors (Lipinski definition) is 0. The van der Waals surface area contributed by atoms with Gasteiger partial charge in [0.2, 0.25) is 0 Å². The average Bonchev–Trinajstić information content (AvgIpc) is 2.17. The molecule has 0 heteroatoms. The fourth-order valence-electron chi connectivity index (χ4n) is 1.50. The summed E-state index contributed by atoms with van der Waals surface area (Å²) in [5, 5.41) is 2.58. The molecule has 1 aliphatic carbocycles. The lowest BCUT2D eigenvalue weighted by Gasteiger charge is -2.00. The van der Waals surface area contributed by atoms with Crippen LogP contribution in [0.4, 0.5) is 0 Å². The molecule has 0 unspecified atom stereocenters. The molecule has 1 aromatic rings. The first-order valence-electron chi connectivity index (χ1n) is 4.44. The zero-order valence-electron chi connectivity index (χ0n) is 7.30. The van der Waals surface area contributed by atoms with Gasteiger partial charge in [-0.25, -0.2) is 0 Å². The molecule has 1 aromatic carbocycles. The minimum absolute atomic E-state index is 1.08. The molecule has 0 spiro atoms. The Morgan fingerprint density at radius 2 is 2.17 bits per heavy atom. The summed E-state index contributed by atoms with van der Waals surface area (Å²) in [6, 6.07) is 8.42. The summed E-state index contributed by atoms with van der Waals surface area (Å²) >= 11 is 0. The van der Waals surface area contributed by atoms with Crippen molar-refractivity contribution in [1.29, 1.82) is 0 Å². The minimum atomic E-state index is 1.08. The molecule has 0 N–H and O–H groups in total. The van der Waals surface area contributed by atoms with E-state index in [0.29, 0.717) is 0 Å². The van der Waals surface area contributed by atoms with Crippen LogP contribution in [0.25, 0.3) is 11.8 Å². The summed E-state index contributed by atoms with van der Waals surface area (Å²) in [4.78, 5) is 0. The molecule has 0 radical (unpaired) electrons. The van der Waals surface area contributed by atoms with E-state index in [1.807, 2.05) is 0 Å². The monoisotopic (exact) mass is 156 g/mol. The predicted molar refractivity (Wildman–Crippen MR) is 52.0 cm³/mol. The van der Waals surface area contributed by atoms with E-state index in [1.54, 1.807) is 0 Å². The lowest BCUT2D eigenvalue weighted by molar-refractivity contribution is 1.06. The van der Waals surface area contributed by atoms with Crippen molar-refractivity contribution in [2.24, 2.45) is 0 Å². The van der Waals surface area contributed by atoms with Gasteiger partial charge in [-0.05, 0) is 29.7 Å². The van der Waals surface area contributed by atoms with Crippen LogP contribution in [0, 0.1) is 0 Å². The molecule has 0 heterocycles. The van der Waals surface area contributed by atoms with Crippen molar-refractivity contribution in [1.82, 2.24) is 0 Å². The van der Waals surface area contributed by atoms with E-state index in [0.717, 1.165) is 12.8 Å². The van der Waals surface area contributed by atoms with Gasteiger partial charge >= 0.3 is 0 Å². The fourth-order valence-corrected chi connectivity index (χ4v) is 1.50. The van der Waals surface area contributed by atoms with Gasteiger partial charge < -0.3 is 0 Å². The molecule has 0 bridgehead atoms. The highest BCUT2D eigenvalue weighted by molar-refractivity contribution is 5.43. The first kappa shape index (κ1) is 7.39. The molecule has 0 aromatic heterocycles. The van der Waals surface area contributed by atoms with E-state index in [-0.39, 0.29) is 0 Å². The van der Waals surface area contributed by atoms with Crippen molar-refractivity contribution in [2.45, 2.75) is 19.8 Å². The Morgan fingerprint density at radius 3 is 3.00 bits per heavy atom. The van der Waals surface area contributed by atoms with Gasteiger partial charge in [-0.3, -0.25) is 0 Å². The maximum absolute atomic E-state index is 3.43. The number of hydrogen-bond donors (Lipinski definition) is 0. The van der Waals surface area contributed by atoms with Crippen LogP contribution in [0.5, 0.6) is 0 Å². The maximum Gasteiger partial charge on any atom is 0.0233 e. The van der Waals surface area contributed by atoms with Gasteiger partial charge in [0.25, 0.3) is 0 Å². The summed E-state index contributed by atoms with van der Waals surface area (Å²) in [6.45, 7) is 2.18. The molecular formula is C12H12. The molecule has 0 amide bonds. The van der Waals surface area contributed by atoms with Gasteiger partial charge in [-0.2, -0.15) is 0 Å². The van der Waals surface area contributed by atoms with Crippen LogP contribution in [0.15, 0.2) is 29.8 Å². The summed E-state index contributed by atoms with van der Waals surface area (Å²) in [5.41, 5.74) is 4.84. The zero-order chi connectivity index (χ0) is 8.39. The molecule has 0 saturated carbocycles. The Kier molecular flexibility index (Phi) is 1.85. The minimum Gasteiger partial charge on any atom is -0.113 e. The van der Waals surface area contributed by atoms with E-state index in [1.165, 1.54) is 16.0 Å². The summed E-state index contributed by atoms with van der Waals surface area (Å²) < 4.78 is 0. The smallest absolute Gasteiger partial charge is 0.0233 e. The summed E-state index contributed by atoms with van der Waals surface area (Å²) in [7, 11) is 0. The first-order chi connectivity index (χ1) is 5.90. The normalized spacial score (nSPS) is 13.9. The third kappa shape index (κ3) is 1.22. The highest BCUT2D eigenvalue weighted by Crippen LogP contribution is 2.05. The van der Waals surface area contributed by atoms with Crippen LogP contribution < -0.4 is 10.4 Å². The Hall–Kier alpha value is -1.26. The third-order valence-corrected chi connectivity index (χ3v) is 2.27. The van der Waals surface area contributed by atoms with Gasteiger partial charge in [0.15, 0.2) is 0 Å². The van der Waals surface area contributed by atoms with Gasteiger partial charge in [-0.15, -0.1) is 5.73 Å². The van der Waals surface area contributed by atoms with Crippen molar-refractivity contribution in [3.8, 4) is 0 Å². The molecule has 0 atom stereocenters. The topological polar surface area (TPSA) is 0 Å². The average molecular weight is 156 g/mol. The van der Waals surface area contributed by atoms with E-state index in [4.69, 9.17) is 0 Å². The van der Waals surface area contributed by atoms with E-state index in [2.05, 4.69) is 43.0 Å². The highest BCUT2D eigenvalue weighted by Gasteiger charge is 1.94. The van der Waals surface area contributed by atoms with Crippen LogP contribution in [-0.4, -0.2) is 0 Å². The van der Waals surface area contributed by atoms with Gasteiger partial charge in [0, 0.05) is 5.22 Å². The molecule has 12 heavy (non-hydrogen) atoms. The van der Waals surface area contributed by atoms with Crippen molar-refractivity contribution in [2.75, 3.05) is 0 Å². The highest BCUT2D eigenvalue weighted by atomic mass is 14.0. The second-order valence-corrected chi connectivity index (χ2v) is 3.08. The predicted octanol–water partition coefficient (Wildman–Crippen LogP) is 1.59. The van der Waals surface area contributed by atoms with Crippen molar-refractivity contribution in [3.05, 3.63) is 40.3 Å². The summed E-state index contributed by atoms with van der Waals surface area (Å²) in [5.74, 6) is 0. The van der Waals surface area contributed by atoms with Crippen LogP contribution >= 0.6 is 0 Å². The van der Waals surface area contributed by atoms with E-state index >= 15 is 0 Å². The quantitative estimate of drug-likeness (QED) is 0.579. The van der Waals surface area contributed by atoms with Crippen molar-refractivity contribution < 1.29 is 0 Å². The van der Waals surface area contributed by atoms with Crippen molar-refractivity contribution >= 4 is 11.8 Å². The largest absolute Gasteiger partial charge is 0.113 e. The molecule has 0 aliphatic heterocycles. The Balaban J connectivity index is 2.79. The molecular weight excluding hydrogens is 144 g/mol. The van der Waals surface area contributed by atoms with Crippen molar-refractivity contribution in [3.63, 3.8) is 0 Å². The SMILES string of the molecule is CCC1=C=c2ccccc2=CC1. The second kappa shape index (κ2) is 3.00. The van der Waals surface area contributed by atoms with Crippen LogP contribution in [0.2, 0.25) is 0 Å². The van der Waals surface area contributed by atoms with Crippen LogP contribution in [0.1, 0.15) is 19.8 Å². The lowest BCUT2D eigenvalue weighted by atomic mass is 10.0. The molecule has 2 rings (SSSR count). The Morgan fingerprint density at radius 1 is 1.33 bits per heavy atom. The Labute approximate surface area is 72.5 Å².